The summed E-state index contributed by atoms with van der Waals surface area (Å²) in [6.07, 6.45) is 12.3. The average molecular weight is 496 g/mol. The molecule has 180 valence electrons. The van der Waals surface area contributed by atoms with Gasteiger partial charge in [-0.3, -0.25) is 4.79 Å². The first-order valence-corrected chi connectivity index (χ1v) is 12.5. The summed E-state index contributed by atoms with van der Waals surface area (Å²) < 4.78 is 10.8. The number of carboxylic acid groups (broad SMARTS) is 1. The van der Waals surface area contributed by atoms with Gasteiger partial charge in [-0.25, -0.2) is 0 Å². The molecule has 0 saturated heterocycles. The molecule has 0 bridgehead atoms. The molecule has 34 heavy (non-hydrogen) atoms. The molecule has 0 spiro atoms. The molecule has 0 amide bonds. The standard InChI is InChI=1S/C25H34N3O4S.Na/c1-27-23(33-14-4-2-3-7-18-9-6-13-28-25(18)26)10-5-8-19(16-24(29)30)20-11-12-21-22(15-20)32-17-31-21;/h3,7,10-12,15,19,28H,2,4-6,8-9,13-14,16-17,26H2,1H3,(H,29,30);/q-1;+1/b7-3-,23-10+;. The van der Waals surface area contributed by atoms with Gasteiger partial charge < -0.3 is 30.9 Å². The first-order chi connectivity index (χ1) is 16.1. The minimum absolute atomic E-state index is 0. The number of benzene rings is 1. The number of carboxylic acids is 1. The van der Waals surface area contributed by atoms with Crippen LogP contribution in [0.15, 0.2) is 52.9 Å². The van der Waals surface area contributed by atoms with Crippen LogP contribution >= 0.6 is 11.8 Å². The molecule has 2 aliphatic rings. The van der Waals surface area contributed by atoms with Crippen LogP contribution in [0.4, 0.5) is 0 Å². The Labute approximate surface area is 228 Å². The largest absolute Gasteiger partial charge is 1.00 e. The van der Waals surface area contributed by atoms with Crippen molar-refractivity contribution in [3.05, 3.63) is 63.7 Å². The first-order valence-electron chi connectivity index (χ1n) is 11.5. The van der Waals surface area contributed by atoms with E-state index >= 15 is 0 Å². The van der Waals surface area contributed by atoms with Gasteiger partial charge >= 0.3 is 35.5 Å². The van der Waals surface area contributed by atoms with Crippen LogP contribution in [0.5, 0.6) is 11.5 Å². The summed E-state index contributed by atoms with van der Waals surface area (Å²) in [6, 6.07) is 5.69. The Hall–Kier alpha value is -1.74. The Morgan fingerprint density at radius 1 is 1.32 bits per heavy atom. The number of rotatable bonds is 13. The smallest absolute Gasteiger partial charge is 0.682 e. The molecule has 3 rings (SSSR count). The molecule has 2 aliphatic heterocycles. The fourth-order valence-electron chi connectivity index (χ4n) is 3.91. The predicted molar refractivity (Wildman–Crippen MR) is 133 cm³/mol. The van der Waals surface area contributed by atoms with Crippen LogP contribution in [0.2, 0.25) is 0 Å². The van der Waals surface area contributed by atoms with E-state index < -0.39 is 5.97 Å². The topological polar surface area (TPSA) is 108 Å². The molecule has 1 aromatic rings. The minimum atomic E-state index is -0.800. The summed E-state index contributed by atoms with van der Waals surface area (Å²) in [5, 5.41) is 18.0. The van der Waals surface area contributed by atoms with Crippen molar-refractivity contribution >= 4 is 17.7 Å². The van der Waals surface area contributed by atoms with Crippen LogP contribution in [0.3, 0.4) is 0 Å². The normalized spacial score (nSPS) is 16.2. The fraction of sp³-hybridized carbons (Fsp3) is 0.480. The van der Waals surface area contributed by atoms with Crippen molar-refractivity contribution in [1.82, 2.24) is 5.32 Å². The van der Waals surface area contributed by atoms with Crippen molar-refractivity contribution < 1.29 is 48.9 Å². The summed E-state index contributed by atoms with van der Waals surface area (Å²) in [5.41, 5.74) is 8.15. The fourth-order valence-corrected chi connectivity index (χ4v) is 4.80. The number of carbonyl (C=O) groups is 1. The molecule has 0 aliphatic carbocycles. The van der Waals surface area contributed by atoms with Crippen molar-refractivity contribution in [3.63, 3.8) is 0 Å². The van der Waals surface area contributed by atoms with Gasteiger partial charge in [0.2, 0.25) is 6.79 Å². The maximum absolute atomic E-state index is 11.4. The molecule has 4 N–H and O–H groups in total. The Kier molecular flexibility index (Phi) is 12.8. The predicted octanol–water partition coefficient (Wildman–Crippen LogP) is 2.23. The van der Waals surface area contributed by atoms with Gasteiger partial charge in [0, 0.05) is 6.54 Å². The van der Waals surface area contributed by atoms with Gasteiger partial charge in [-0.1, -0.05) is 24.3 Å². The van der Waals surface area contributed by atoms with Gasteiger partial charge in [0.05, 0.1) is 12.2 Å². The van der Waals surface area contributed by atoms with Crippen LogP contribution in [0.25, 0.3) is 5.32 Å². The SMILES string of the molecule is C[N-]/C(=C\CCC(CC(=O)O)c1ccc2c(c1)OCO2)SCCC/C=C\C1=C(N)NCCC1.[Na+]. The number of unbranched alkanes of at least 4 members (excludes halogenated alkanes) is 1. The number of aliphatic carboxylic acids is 1. The molecular weight excluding hydrogens is 461 g/mol. The van der Waals surface area contributed by atoms with E-state index in [0.717, 1.165) is 67.2 Å². The van der Waals surface area contributed by atoms with Gasteiger partial charge in [-0.05, 0) is 73.5 Å². The number of hydrogen-bond acceptors (Lipinski definition) is 6. The second-order valence-electron chi connectivity index (χ2n) is 8.11. The summed E-state index contributed by atoms with van der Waals surface area (Å²) in [4.78, 5) is 11.4. The van der Waals surface area contributed by atoms with Crippen LogP contribution in [0.1, 0.15) is 56.4 Å². The third kappa shape index (κ3) is 9.13. The molecule has 0 aromatic heterocycles. The molecule has 1 atom stereocenters. The molecular formula is C25H34N3NaO4S. The zero-order valence-corrected chi connectivity index (χ0v) is 23.0. The molecule has 9 heteroatoms. The van der Waals surface area contributed by atoms with Crippen molar-refractivity contribution in [2.45, 2.75) is 50.9 Å². The second kappa shape index (κ2) is 15.3. The Bertz CT molecular complexity index is 904. The average Bonchev–Trinajstić information content (AvgIpc) is 3.28. The second-order valence-corrected chi connectivity index (χ2v) is 9.23. The number of thioether (sulfide) groups is 1. The molecule has 0 radical (unpaired) electrons. The zero-order chi connectivity index (χ0) is 23.5. The molecule has 1 unspecified atom stereocenters. The molecule has 2 heterocycles. The Morgan fingerprint density at radius 3 is 2.91 bits per heavy atom. The van der Waals surface area contributed by atoms with E-state index in [1.807, 2.05) is 18.2 Å². The number of ether oxygens (including phenoxy) is 2. The van der Waals surface area contributed by atoms with E-state index in [-0.39, 0.29) is 48.7 Å². The van der Waals surface area contributed by atoms with Crippen molar-refractivity contribution in [3.8, 4) is 11.5 Å². The number of nitrogens with two attached hydrogens (primary N) is 1. The van der Waals surface area contributed by atoms with Gasteiger partial charge in [-0.2, -0.15) is 11.8 Å². The van der Waals surface area contributed by atoms with Crippen LogP contribution < -0.4 is 50.1 Å². The number of fused-ring (bicyclic) bond motifs is 1. The molecule has 1 aromatic carbocycles. The van der Waals surface area contributed by atoms with E-state index in [4.69, 9.17) is 15.2 Å². The van der Waals surface area contributed by atoms with Gasteiger partial charge in [0.15, 0.2) is 11.5 Å². The zero-order valence-electron chi connectivity index (χ0n) is 20.2. The van der Waals surface area contributed by atoms with E-state index in [1.165, 1.54) is 5.57 Å². The maximum atomic E-state index is 11.4. The van der Waals surface area contributed by atoms with E-state index in [1.54, 1.807) is 18.8 Å². The van der Waals surface area contributed by atoms with Crippen LogP contribution in [-0.2, 0) is 4.79 Å². The van der Waals surface area contributed by atoms with Gasteiger partial charge in [0.25, 0.3) is 0 Å². The van der Waals surface area contributed by atoms with Crippen molar-refractivity contribution in [1.29, 1.82) is 0 Å². The van der Waals surface area contributed by atoms with E-state index in [9.17, 15) is 9.90 Å². The Balaban J connectivity index is 0.00000408. The van der Waals surface area contributed by atoms with Gasteiger partial charge in [-0.15, -0.1) is 12.1 Å². The summed E-state index contributed by atoms with van der Waals surface area (Å²) in [5.74, 6) is 2.31. The number of nitrogens with zero attached hydrogens (tertiary/aromatic N) is 1. The maximum Gasteiger partial charge on any atom is 1.00 e. The first kappa shape index (κ1) is 28.5. The molecule has 0 saturated carbocycles. The summed E-state index contributed by atoms with van der Waals surface area (Å²) in [7, 11) is 1.80. The van der Waals surface area contributed by atoms with E-state index in [2.05, 4.69) is 28.9 Å². The Morgan fingerprint density at radius 2 is 2.15 bits per heavy atom. The van der Waals surface area contributed by atoms with Crippen LogP contribution in [0, 0.1) is 0 Å². The molecule has 7 nitrogen and oxygen atoms in total. The molecule has 0 fully saturated rings. The summed E-state index contributed by atoms with van der Waals surface area (Å²) in [6.45, 7) is 1.17. The summed E-state index contributed by atoms with van der Waals surface area (Å²) >= 11 is 1.74. The van der Waals surface area contributed by atoms with Crippen LogP contribution in [-0.4, -0.2) is 37.2 Å². The van der Waals surface area contributed by atoms with Crippen molar-refractivity contribution in [2.24, 2.45) is 5.73 Å². The minimum Gasteiger partial charge on any atom is -0.682 e. The quantitative estimate of drug-likeness (QED) is 0.285. The number of nitrogens with one attached hydrogen (secondary N) is 1. The third-order valence-corrected chi connectivity index (χ3v) is 6.85. The van der Waals surface area contributed by atoms with Gasteiger partial charge in [0.1, 0.15) is 0 Å². The third-order valence-electron chi connectivity index (χ3n) is 5.71. The van der Waals surface area contributed by atoms with Crippen molar-refractivity contribution in [2.75, 3.05) is 26.1 Å². The monoisotopic (exact) mass is 495 g/mol. The van der Waals surface area contributed by atoms with E-state index in [0.29, 0.717) is 11.5 Å². The number of hydrogen-bond donors (Lipinski definition) is 3. The number of allylic oxidation sites excluding steroid dienone is 4.